The Morgan fingerprint density at radius 3 is 1.59 bits per heavy atom. The quantitative estimate of drug-likeness (QED) is 0.0981. The number of fused-ring (bicyclic) bond motifs is 2. The molecule has 0 saturated carbocycles. The van der Waals surface area contributed by atoms with Gasteiger partial charge in [0.25, 0.3) is 0 Å². The highest BCUT2D eigenvalue weighted by Crippen LogP contribution is 2.38. The van der Waals surface area contributed by atoms with Crippen LogP contribution in [0.3, 0.4) is 0 Å². The van der Waals surface area contributed by atoms with Crippen LogP contribution in [0.1, 0.15) is 22.3 Å². The molecule has 0 spiro atoms. The highest BCUT2D eigenvalue weighted by molar-refractivity contribution is 14.1. The molecule has 0 aromatic heterocycles. The van der Waals surface area contributed by atoms with Crippen molar-refractivity contribution in [2.75, 3.05) is 0 Å². The first-order valence-corrected chi connectivity index (χ1v) is 12.1. The SMILES string of the molecule is Brc1c(I)ccc2c(C#Cc3ccccc3)c3ccccc3c(C#Cc3ccccc3)c12. The maximum absolute atomic E-state index is 3.85. The van der Waals surface area contributed by atoms with E-state index < -0.39 is 0 Å². The molecule has 0 aliphatic heterocycles. The van der Waals surface area contributed by atoms with E-state index in [2.05, 4.69) is 98.6 Å². The summed E-state index contributed by atoms with van der Waals surface area (Å²) in [5.74, 6) is 13.7. The molecule has 5 rings (SSSR count). The summed E-state index contributed by atoms with van der Waals surface area (Å²) >= 11 is 6.21. The Bertz CT molecular complexity index is 1580. The van der Waals surface area contributed by atoms with Crippen molar-refractivity contribution in [3.05, 3.63) is 127 Å². The number of halogens is 2. The van der Waals surface area contributed by atoms with E-state index in [1.807, 2.05) is 60.7 Å². The lowest BCUT2D eigenvalue weighted by Crippen LogP contribution is -1.93. The molecular weight excluding hydrogens is 567 g/mol. The predicted molar refractivity (Wildman–Crippen MR) is 147 cm³/mol. The third-order valence-corrected chi connectivity index (χ3v) is 7.76. The molecule has 5 aromatic rings. The van der Waals surface area contributed by atoms with Crippen molar-refractivity contribution in [1.29, 1.82) is 0 Å². The first-order valence-electron chi connectivity index (χ1n) is 10.2. The fourth-order valence-electron chi connectivity index (χ4n) is 3.78. The van der Waals surface area contributed by atoms with E-state index in [1.54, 1.807) is 0 Å². The molecule has 0 N–H and O–H groups in total. The number of rotatable bonds is 0. The summed E-state index contributed by atoms with van der Waals surface area (Å²) in [5.41, 5.74) is 4.05. The van der Waals surface area contributed by atoms with Gasteiger partial charge in [-0.1, -0.05) is 90.4 Å². The molecule has 0 atom stereocenters. The van der Waals surface area contributed by atoms with E-state index in [4.69, 9.17) is 0 Å². The second-order valence-electron chi connectivity index (χ2n) is 7.31. The van der Waals surface area contributed by atoms with Crippen LogP contribution in [-0.2, 0) is 0 Å². The molecule has 0 unspecified atom stereocenters. The topological polar surface area (TPSA) is 0 Å². The van der Waals surface area contributed by atoms with Gasteiger partial charge in [-0.25, -0.2) is 0 Å². The molecule has 32 heavy (non-hydrogen) atoms. The van der Waals surface area contributed by atoms with Gasteiger partial charge >= 0.3 is 0 Å². The maximum Gasteiger partial charge on any atom is 0.0418 e. The Morgan fingerprint density at radius 2 is 1.00 bits per heavy atom. The van der Waals surface area contributed by atoms with Gasteiger partial charge in [0.1, 0.15) is 0 Å². The van der Waals surface area contributed by atoms with Crippen molar-refractivity contribution >= 4 is 60.1 Å². The maximum atomic E-state index is 3.85. The van der Waals surface area contributed by atoms with Gasteiger partial charge in [0.2, 0.25) is 0 Å². The number of hydrogen-bond acceptors (Lipinski definition) is 0. The van der Waals surface area contributed by atoms with E-state index in [0.29, 0.717) is 0 Å². The minimum absolute atomic E-state index is 0.999. The summed E-state index contributed by atoms with van der Waals surface area (Å²) in [7, 11) is 0. The molecule has 0 bridgehead atoms. The number of hydrogen-bond donors (Lipinski definition) is 0. The van der Waals surface area contributed by atoms with Gasteiger partial charge in [0.15, 0.2) is 0 Å². The average molecular weight is 583 g/mol. The molecule has 0 saturated heterocycles. The van der Waals surface area contributed by atoms with Crippen LogP contribution in [0.4, 0.5) is 0 Å². The summed E-state index contributed by atoms with van der Waals surface area (Å²) in [4.78, 5) is 0. The van der Waals surface area contributed by atoms with Crippen LogP contribution in [0.5, 0.6) is 0 Å². The molecule has 0 fully saturated rings. The van der Waals surface area contributed by atoms with Crippen LogP contribution in [0, 0.1) is 27.3 Å². The Morgan fingerprint density at radius 1 is 0.500 bits per heavy atom. The van der Waals surface area contributed by atoms with Crippen LogP contribution in [0.2, 0.25) is 0 Å². The van der Waals surface area contributed by atoms with Crippen LogP contribution in [0.15, 0.2) is 102 Å². The monoisotopic (exact) mass is 582 g/mol. The van der Waals surface area contributed by atoms with E-state index in [-0.39, 0.29) is 0 Å². The van der Waals surface area contributed by atoms with Gasteiger partial charge in [0.05, 0.1) is 0 Å². The molecule has 0 aliphatic carbocycles. The lowest BCUT2D eigenvalue weighted by molar-refractivity contribution is 1.62. The van der Waals surface area contributed by atoms with Crippen molar-refractivity contribution in [1.82, 2.24) is 0 Å². The molecule has 0 heterocycles. The zero-order valence-corrected chi connectivity index (χ0v) is 20.7. The van der Waals surface area contributed by atoms with Crippen LogP contribution in [0.25, 0.3) is 21.5 Å². The molecular formula is C30H16BrI. The summed E-state index contributed by atoms with van der Waals surface area (Å²) in [6, 6.07) is 32.9. The molecule has 0 radical (unpaired) electrons. The summed E-state index contributed by atoms with van der Waals surface area (Å²) < 4.78 is 2.21. The summed E-state index contributed by atoms with van der Waals surface area (Å²) in [6.07, 6.45) is 0. The van der Waals surface area contributed by atoms with E-state index in [0.717, 1.165) is 51.8 Å². The third-order valence-electron chi connectivity index (χ3n) is 5.29. The van der Waals surface area contributed by atoms with E-state index in [1.165, 1.54) is 0 Å². The summed E-state index contributed by atoms with van der Waals surface area (Å²) in [6.45, 7) is 0. The first kappa shape index (κ1) is 20.8. The van der Waals surface area contributed by atoms with Crippen LogP contribution < -0.4 is 0 Å². The standard InChI is InChI=1S/C30H16BrI/c31-30-28(32)20-19-27-25(17-15-21-9-3-1-4-10-21)23-13-7-8-14-24(23)26(29(27)30)18-16-22-11-5-2-6-12-22/h1-14,19-20H. The van der Waals surface area contributed by atoms with Gasteiger partial charge in [-0.2, -0.15) is 0 Å². The average Bonchev–Trinajstić information content (AvgIpc) is 2.85. The zero-order chi connectivity index (χ0) is 21.9. The second kappa shape index (κ2) is 9.21. The Balaban J connectivity index is 1.86. The van der Waals surface area contributed by atoms with Crippen molar-refractivity contribution in [3.8, 4) is 23.7 Å². The Labute approximate surface area is 209 Å². The smallest absolute Gasteiger partial charge is 0.0418 e. The van der Waals surface area contributed by atoms with Crippen LogP contribution in [-0.4, -0.2) is 0 Å². The predicted octanol–water partition coefficient (Wildman–Crippen LogP) is 8.16. The molecule has 0 nitrogen and oxygen atoms in total. The minimum Gasteiger partial charge on any atom is -0.0622 e. The third kappa shape index (κ3) is 4.05. The molecule has 150 valence electrons. The lowest BCUT2D eigenvalue weighted by Gasteiger charge is -2.13. The van der Waals surface area contributed by atoms with Gasteiger partial charge in [-0.15, -0.1) is 0 Å². The largest absolute Gasteiger partial charge is 0.0622 e. The highest BCUT2D eigenvalue weighted by Gasteiger charge is 2.15. The van der Waals surface area contributed by atoms with Crippen LogP contribution >= 0.6 is 38.5 Å². The summed E-state index contributed by atoms with van der Waals surface area (Å²) in [5, 5.41) is 4.45. The highest BCUT2D eigenvalue weighted by atomic mass is 127. The fourth-order valence-corrected chi connectivity index (χ4v) is 4.77. The van der Waals surface area contributed by atoms with Gasteiger partial charge in [-0.3, -0.25) is 0 Å². The van der Waals surface area contributed by atoms with E-state index >= 15 is 0 Å². The Kier molecular flexibility index (Phi) is 5.99. The van der Waals surface area contributed by atoms with Gasteiger partial charge in [0, 0.05) is 41.1 Å². The van der Waals surface area contributed by atoms with Crippen molar-refractivity contribution in [3.63, 3.8) is 0 Å². The molecule has 2 heteroatoms. The lowest BCUT2D eigenvalue weighted by atomic mass is 9.91. The molecule has 0 amide bonds. The van der Waals surface area contributed by atoms with Gasteiger partial charge in [-0.05, 0) is 79.6 Å². The van der Waals surface area contributed by atoms with Crippen molar-refractivity contribution < 1.29 is 0 Å². The van der Waals surface area contributed by atoms with E-state index in [9.17, 15) is 0 Å². The van der Waals surface area contributed by atoms with Crippen molar-refractivity contribution in [2.24, 2.45) is 0 Å². The normalized spacial score (nSPS) is 10.3. The zero-order valence-electron chi connectivity index (χ0n) is 17.0. The second-order valence-corrected chi connectivity index (χ2v) is 9.27. The van der Waals surface area contributed by atoms with Crippen molar-refractivity contribution in [2.45, 2.75) is 0 Å². The minimum atomic E-state index is 0.999. The Hall–Kier alpha value is -3.05. The first-order chi connectivity index (χ1) is 15.7. The van der Waals surface area contributed by atoms with Gasteiger partial charge < -0.3 is 0 Å². The number of benzene rings is 5. The fraction of sp³-hybridized carbons (Fsp3) is 0. The molecule has 0 aliphatic rings. The molecule has 5 aromatic carbocycles.